The van der Waals surface area contributed by atoms with E-state index >= 15 is 0 Å². The summed E-state index contributed by atoms with van der Waals surface area (Å²) in [6, 6.07) is 5.50. The Morgan fingerprint density at radius 3 is 2.84 bits per heavy atom. The van der Waals surface area contributed by atoms with Crippen molar-refractivity contribution in [3.05, 3.63) is 35.1 Å². The summed E-state index contributed by atoms with van der Waals surface area (Å²) in [5.74, 6) is 1.41. The molecule has 2 fully saturated rings. The summed E-state index contributed by atoms with van der Waals surface area (Å²) in [7, 11) is 0. The quantitative estimate of drug-likeness (QED) is 0.881. The van der Waals surface area contributed by atoms with Crippen LogP contribution in [-0.4, -0.2) is 30.1 Å². The van der Waals surface area contributed by atoms with Gasteiger partial charge in [-0.3, -0.25) is 4.90 Å². The van der Waals surface area contributed by atoms with Gasteiger partial charge in [-0.25, -0.2) is 4.39 Å². The van der Waals surface area contributed by atoms with Gasteiger partial charge in [-0.1, -0.05) is 12.1 Å². The predicted octanol–water partition coefficient (Wildman–Crippen LogP) is 2.56. The van der Waals surface area contributed by atoms with Crippen LogP contribution in [0.3, 0.4) is 0 Å². The van der Waals surface area contributed by atoms with E-state index in [9.17, 15) is 4.39 Å². The Morgan fingerprint density at radius 2 is 2.16 bits per heavy atom. The number of hydrogen-bond acceptors (Lipinski definition) is 2. The van der Waals surface area contributed by atoms with Crippen LogP contribution in [0.1, 0.15) is 25.0 Å². The molecule has 104 valence electrons. The predicted molar refractivity (Wildman–Crippen MR) is 75.5 cm³/mol. The van der Waals surface area contributed by atoms with E-state index in [1.54, 1.807) is 6.07 Å². The third kappa shape index (κ3) is 2.19. The third-order valence-electron chi connectivity index (χ3n) is 5.11. The van der Waals surface area contributed by atoms with Gasteiger partial charge in [0.15, 0.2) is 0 Å². The number of nitrogens with zero attached hydrogens (tertiary/aromatic N) is 1. The number of fused-ring (bicyclic) bond motifs is 1. The van der Waals surface area contributed by atoms with Crippen LogP contribution in [0.4, 0.5) is 4.39 Å². The zero-order chi connectivity index (χ0) is 13.6. The maximum Gasteiger partial charge on any atom is 0.126 e. The van der Waals surface area contributed by atoms with Crippen molar-refractivity contribution in [2.24, 2.45) is 11.8 Å². The van der Waals surface area contributed by atoms with Crippen LogP contribution >= 0.6 is 0 Å². The maximum absolute atomic E-state index is 13.3. The van der Waals surface area contributed by atoms with Gasteiger partial charge in [0.2, 0.25) is 0 Å². The molecule has 1 aromatic carbocycles. The summed E-state index contributed by atoms with van der Waals surface area (Å²) in [4.78, 5) is 2.57. The fourth-order valence-electron chi connectivity index (χ4n) is 3.80. The molecule has 1 N–H and O–H groups in total. The van der Waals surface area contributed by atoms with E-state index in [1.807, 2.05) is 19.1 Å². The normalized spacial score (nSPS) is 29.7. The van der Waals surface area contributed by atoms with Crippen molar-refractivity contribution in [3.8, 4) is 0 Å². The number of benzene rings is 1. The first kappa shape index (κ1) is 13.1. The number of likely N-dealkylation sites (tertiary alicyclic amines) is 1. The largest absolute Gasteiger partial charge is 0.316 e. The van der Waals surface area contributed by atoms with E-state index in [0.717, 1.165) is 43.6 Å². The molecule has 0 amide bonds. The second-order valence-corrected chi connectivity index (χ2v) is 6.64. The summed E-state index contributed by atoms with van der Waals surface area (Å²) in [6.07, 6.45) is 0. The lowest BCUT2D eigenvalue weighted by molar-refractivity contribution is 0.132. The summed E-state index contributed by atoms with van der Waals surface area (Å²) < 4.78 is 13.3. The van der Waals surface area contributed by atoms with E-state index in [-0.39, 0.29) is 11.4 Å². The molecule has 0 saturated carbocycles. The highest BCUT2D eigenvalue weighted by atomic mass is 19.1. The van der Waals surface area contributed by atoms with Crippen LogP contribution in [0.15, 0.2) is 18.2 Å². The molecule has 2 nitrogen and oxygen atoms in total. The molecule has 0 aromatic heterocycles. The zero-order valence-electron chi connectivity index (χ0n) is 12.0. The molecule has 2 unspecified atom stereocenters. The van der Waals surface area contributed by atoms with Crippen molar-refractivity contribution in [2.75, 3.05) is 19.6 Å². The fourth-order valence-corrected chi connectivity index (χ4v) is 3.80. The molecular weight excluding hydrogens is 239 g/mol. The number of rotatable bonds is 2. The van der Waals surface area contributed by atoms with E-state index in [1.165, 1.54) is 5.56 Å². The van der Waals surface area contributed by atoms with Crippen LogP contribution < -0.4 is 5.32 Å². The molecular formula is C16H23FN2. The van der Waals surface area contributed by atoms with Crippen molar-refractivity contribution < 1.29 is 4.39 Å². The molecule has 3 rings (SSSR count). The van der Waals surface area contributed by atoms with Crippen LogP contribution in [0.5, 0.6) is 0 Å². The molecule has 19 heavy (non-hydrogen) atoms. The number of nitrogens with one attached hydrogen (secondary N) is 1. The number of halogens is 1. The van der Waals surface area contributed by atoms with Gasteiger partial charge in [0, 0.05) is 25.2 Å². The summed E-state index contributed by atoms with van der Waals surface area (Å²) in [5, 5.41) is 3.50. The molecule has 2 atom stereocenters. The van der Waals surface area contributed by atoms with Gasteiger partial charge in [-0.05, 0) is 56.3 Å². The second kappa shape index (κ2) is 4.57. The first-order valence-corrected chi connectivity index (χ1v) is 7.19. The lowest BCUT2D eigenvalue weighted by Gasteiger charge is -2.35. The average Bonchev–Trinajstić information content (AvgIpc) is 2.89. The van der Waals surface area contributed by atoms with E-state index in [2.05, 4.69) is 24.1 Å². The van der Waals surface area contributed by atoms with Gasteiger partial charge in [0.1, 0.15) is 5.82 Å². The van der Waals surface area contributed by atoms with Crippen LogP contribution in [0.25, 0.3) is 0 Å². The maximum atomic E-state index is 13.3. The molecule has 0 radical (unpaired) electrons. The van der Waals surface area contributed by atoms with Crippen LogP contribution in [0.2, 0.25) is 0 Å². The highest BCUT2D eigenvalue weighted by Gasteiger charge is 2.49. The third-order valence-corrected chi connectivity index (χ3v) is 5.11. The minimum atomic E-state index is -0.106. The van der Waals surface area contributed by atoms with Crippen molar-refractivity contribution >= 4 is 0 Å². The fraction of sp³-hybridized carbons (Fsp3) is 0.625. The van der Waals surface area contributed by atoms with Gasteiger partial charge >= 0.3 is 0 Å². The van der Waals surface area contributed by atoms with Crippen LogP contribution in [0, 0.1) is 24.6 Å². The first-order chi connectivity index (χ1) is 8.98. The van der Waals surface area contributed by atoms with Gasteiger partial charge in [-0.2, -0.15) is 0 Å². The summed E-state index contributed by atoms with van der Waals surface area (Å²) >= 11 is 0. The molecule has 2 aliphatic rings. The average molecular weight is 262 g/mol. The Kier molecular flexibility index (Phi) is 3.14. The van der Waals surface area contributed by atoms with Gasteiger partial charge in [0.05, 0.1) is 0 Å². The van der Waals surface area contributed by atoms with Crippen molar-refractivity contribution in [1.29, 1.82) is 0 Å². The highest BCUT2D eigenvalue weighted by Crippen LogP contribution is 2.41. The standard InChI is InChI=1S/C16H23FN2/c1-11-6-12(4-5-15(11)17)9-19-10-13-7-18-8-14(13)16(19,2)3/h4-6,13-14,18H,7-10H2,1-3H3. The molecule has 0 bridgehead atoms. The monoisotopic (exact) mass is 262 g/mol. The molecule has 2 heterocycles. The Morgan fingerprint density at radius 1 is 1.37 bits per heavy atom. The molecule has 2 saturated heterocycles. The molecule has 3 heteroatoms. The SMILES string of the molecule is Cc1cc(CN2CC3CNCC3C2(C)C)ccc1F. The van der Waals surface area contributed by atoms with Gasteiger partial charge in [0.25, 0.3) is 0 Å². The van der Waals surface area contributed by atoms with E-state index in [4.69, 9.17) is 0 Å². The van der Waals surface area contributed by atoms with Gasteiger partial charge in [-0.15, -0.1) is 0 Å². The molecule has 1 aromatic rings. The summed E-state index contributed by atoms with van der Waals surface area (Å²) in [6.45, 7) is 10.9. The zero-order valence-corrected chi connectivity index (χ0v) is 12.0. The number of hydrogen-bond donors (Lipinski definition) is 1. The molecule has 0 aliphatic carbocycles. The van der Waals surface area contributed by atoms with Crippen molar-refractivity contribution in [1.82, 2.24) is 10.2 Å². The van der Waals surface area contributed by atoms with Crippen LogP contribution in [-0.2, 0) is 6.54 Å². The minimum absolute atomic E-state index is 0.106. The molecule has 0 spiro atoms. The smallest absolute Gasteiger partial charge is 0.126 e. The first-order valence-electron chi connectivity index (χ1n) is 7.19. The molecule has 2 aliphatic heterocycles. The lowest BCUT2D eigenvalue weighted by Crippen LogP contribution is -2.43. The van der Waals surface area contributed by atoms with Crippen molar-refractivity contribution in [3.63, 3.8) is 0 Å². The second-order valence-electron chi connectivity index (χ2n) is 6.64. The summed E-state index contributed by atoms with van der Waals surface area (Å²) in [5.41, 5.74) is 2.20. The lowest BCUT2D eigenvalue weighted by atomic mass is 9.85. The van der Waals surface area contributed by atoms with Gasteiger partial charge < -0.3 is 5.32 Å². The van der Waals surface area contributed by atoms with Crippen molar-refractivity contribution in [2.45, 2.75) is 32.9 Å². The Balaban J connectivity index is 1.78. The van der Waals surface area contributed by atoms with E-state index < -0.39 is 0 Å². The number of aryl methyl sites for hydroxylation is 1. The highest BCUT2D eigenvalue weighted by molar-refractivity contribution is 5.24. The Labute approximate surface area is 115 Å². The topological polar surface area (TPSA) is 15.3 Å². The Hall–Kier alpha value is -0.930. The Bertz CT molecular complexity index is 484. The minimum Gasteiger partial charge on any atom is -0.316 e. The van der Waals surface area contributed by atoms with E-state index in [0.29, 0.717) is 0 Å².